The third kappa shape index (κ3) is 2.92. The van der Waals surface area contributed by atoms with Gasteiger partial charge in [-0.05, 0) is 24.3 Å². The molecule has 2 aromatic heterocycles. The molecule has 1 aliphatic heterocycles. The van der Waals surface area contributed by atoms with Crippen LogP contribution in [0.1, 0.15) is 0 Å². The van der Waals surface area contributed by atoms with Gasteiger partial charge in [-0.1, -0.05) is 18.2 Å². The quantitative estimate of drug-likeness (QED) is 0.733. The normalized spacial score (nSPS) is 15.9. The Morgan fingerprint density at radius 3 is 2.54 bits per heavy atom. The van der Waals surface area contributed by atoms with Crippen molar-refractivity contribution >= 4 is 16.9 Å². The molecule has 0 bridgehead atoms. The molecule has 3 heterocycles. The topological polar surface area (TPSA) is 54.5 Å². The number of piperazine rings is 1. The maximum atomic E-state index is 12.0. The predicted octanol–water partition coefficient (Wildman–Crippen LogP) is 1.81. The van der Waals surface area contributed by atoms with Crippen LogP contribution in [0.3, 0.4) is 0 Å². The summed E-state index contributed by atoms with van der Waals surface area (Å²) in [6, 6.07) is 14.0. The van der Waals surface area contributed by atoms with Gasteiger partial charge in [-0.3, -0.25) is 9.47 Å². The van der Waals surface area contributed by atoms with Gasteiger partial charge in [0.1, 0.15) is 0 Å². The fourth-order valence-corrected chi connectivity index (χ4v) is 3.21. The number of fused-ring (bicyclic) bond motifs is 1. The van der Waals surface area contributed by atoms with Crippen LogP contribution >= 0.6 is 0 Å². The smallest absolute Gasteiger partial charge is 0.406 e. The molecule has 0 radical (unpaired) electrons. The van der Waals surface area contributed by atoms with Crippen molar-refractivity contribution in [3.8, 4) is 0 Å². The lowest BCUT2D eigenvalue weighted by molar-refractivity contribution is 0.246. The Morgan fingerprint density at radius 1 is 0.958 bits per heavy atom. The van der Waals surface area contributed by atoms with Gasteiger partial charge in [-0.15, -0.1) is 0 Å². The molecule has 0 saturated carbocycles. The van der Waals surface area contributed by atoms with Gasteiger partial charge in [0.25, 0.3) is 0 Å². The highest BCUT2D eigenvalue weighted by molar-refractivity contribution is 5.67. The Bertz CT molecular complexity index is 863. The first-order valence-corrected chi connectivity index (χ1v) is 8.28. The second kappa shape index (κ2) is 6.49. The maximum absolute atomic E-state index is 12.0. The maximum Gasteiger partial charge on any atom is 0.421 e. The molecule has 0 N–H and O–H groups in total. The van der Waals surface area contributed by atoms with E-state index in [4.69, 9.17) is 4.42 Å². The van der Waals surface area contributed by atoms with Gasteiger partial charge in [0, 0.05) is 51.2 Å². The Labute approximate surface area is 139 Å². The molecule has 1 fully saturated rings. The van der Waals surface area contributed by atoms with Crippen molar-refractivity contribution in [3.63, 3.8) is 0 Å². The van der Waals surface area contributed by atoms with Crippen molar-refractivity contribution in [3.05, 3.63) is 59.2 Å². The number of aromatic nitrogens is 2. The predicted molar refractivity (Wildman–Crippen MR) is 93.4 cm³/mol. The molecule has 24 heavy (non-hydrogen) atoms. The van der Waals surface area contributed by atoms with Gasteiger partial charge >= 0.3 is 5.76 Å². The van der Waals surface area contributed by atoms with Crippen LogP contribution in [0.4, 0.5) is 5.69 Å². The first-order chi connectivity index (χ1) is 11.8. The van der Waals surface area contributed by atoms with Crippen LogP contribution in [0.15, 0.2) is 57.9 Å². The molecular formula is C18H20N4O2. The van der Waals surface area contributed by atoms with Gasteiger partial charge in [-0.2, -0.15) is 0 Å². The number of hydrogen-bond donors (Lipinski definition) is 0. The van der Waals surface area contributed by atoms with Crippen LogP contribution in [0.5, 0.6) is 0 Å². The number of benzene rings is 1. The summed E-state index contributed by atoms with van der Waals surface area (Å²) in [7, 11) is 0. The van der Waals surface area contributed by atoms with E-state index in [0.29, 0.717) is 17.8 Å². The molecule has 124 valence electrons. The summed E-state index contributed by atoms with van der Waals surface area (Å²) >= 11 is 0. The van der Waals surface area contributed by atoms with Crippen LogP contribution in [0.25, 0.3) is 11.2 Å². The second-order valence-electron chi connectivity index (χ2n) is 6.01. The largest absolute Gasteiger partial charge is 0.421 e. The molecule has 3 aromatic rings. The van der Waals surface area contributed by atoms with Gasteiger partial charge in [0.15, 0.2) is 11.2 Å². The molecule has 0 unspecified atom stereocenters. The molecular weight excluding hydrogens is 304 g/mol. The van der Waals surface area contributed by atoms with E-state index in [1.165, 1.54) is 5.69 Å². The van der Waals surface area contributed by atoms with Gasteiger partial charge in [-0.25, -0.2) is 9.78 Å². The van der Waals surface area contributed by atoms with E-state index in [0.717, 1.165) is 32.7 Å². The number of hydrogen-bond acceptors (Lipinski definition) is 5. The van der Waals surface area contributed by atoms with Crippen LogP contribution in [-0.2, 0) is 6.54 Å². The zero-order valence-electron chi connectivity index (χ0n) is 13.5. The van der Waals surface area contributed by atoms with E-state index in [1.807, 2.05) is 6.07 Å². The Kier molecular flexibility index (Phi) is 4.04. The van der Waals surface area contributed by atoms with E-state index < -0.39 is 0 Å². The van der Waals surface area contributed by atoms with E-state index in [-0.39, 0.29) is 5.76 Å². The van der Waals surface area contributed by atoms with E-state index in [1.54, 1.807) is 22.9 Å². The molecule has 1 aliphatic rings. The van der Waals surface area contributed by atoms with Crippen LogP contribution in [0.2, 0.25) is 0 Å². The lowest BCUT2D eigenvalue weighted by Gasteiger charge is -2.36. The molecule has 0 spiro atoms. The molecule has 0 aliphatic carbocycles. The summed E-state index contributed by atoms with van der Waals surface area (Å²) < 4.78 is 6.86. The van der Waals surface area contributed by atoms with Crippen molar-refractivity contribution in [1.82, 2.24) is 14.5 Å². The number of nitrogens with zero attached hydrogens (tertiary/aromatic N) is 4. The van der Waals surface area contributed by atoms with Crippen molar-refractivity contribution < 1.29 is 4.42 Å². The minimum absolute atomic E-state index is 0.327. The summed E-state index contributed by atoms with van der Waals surface area (Å²) in [5.41, 5.74) is 2.46. The van der Waals surface area contributed by atoms with Crippen LogP contribution in [-0.4, -0.2) is 47.2 Å². The highest BCUT2D eigenvalue weighted by atomic mass is 16.4. The summed E-state index contributed by atoms with van der Waals surface area (Å²) in [6.07, 6.45) is 1.69. The molecule has 0 amide bonds. The number of rotatable bonds is 4. The average molecular weight is 324 g/mol. The van der Waals surface area contributed by atoms with Crippen molar-refractivity contribution in [2.45, 2.75) is 6.54 Å². The SMILES string of the molecule is O=c1oc2cccnc2n1CCN1CCN(c2ccccc2)CC1. The summed E-state index contributed by atoms with van der Waals surface area (Å²) in [4.78, 5) is 21.0. The summed E-state index contributed by atoms with van der Waals surface area (Å²) in [6.45, 7) is 5.42. The van der Waals surface area contributed by atoms with Gasteiger partial charge < -0.3 is 9.32 Å². The highest BCUT2D eigenvalue weighted by Crippen LogP contribution is 2.15. The molecule has 1 aromatic carbocycles. The van der Waals surface area contributed by atoms with Crippen molar-refractivity contribution in [2.75, 3.05) is 37.6 Å². The fourth-order valence-electron chi connectivity index (χ4n) is 3.21. The molecule has 6 nitrogen and oxygen atoms in total. The minimum atomic E-state index is -0.327. The zero-order valence-corrected chi connectivity index (χ0v) is 13.5. The number of anilines is 1. The summed E-state index contributed by atoms with van der Waals surface area (Å²) in [5.74, 6) is -0.327. The number of oxazole rings is 1. The number of pyridine rings is 1. The van der Waals surface area contributed by atoms with E-state index >= 15 is 0 Å². The fraction of sp³-hybridized carbons (Fsp3) is 0.333. The Morgan fingerprint density at radius 2 is 1.75 bits per heavy atom. The van der Waals surface area contributed by atoms with Gasteiger partial charge in [0.05, 0.1) is 0 Å². The van der Waals surface area contributed by atoms with Crippen molar-refractivity contribution in [2.24, 2.45) is 0 Å². The standard InChI is InChI=1S/C18H20N4O2/c23-18-22(17-16(24-18)7-4-8-19-17)14-11-20-9-12-21(13-10-20)15-5-2-1-3-6-15/h1-8H,9-14H2. The minimum Gasteiger partial charge on any atom is -0.406 e. The Hall–Kier alpha value is -2.60. The monoisotopic (exact) mass is 324 g/mol. The lowest BCUT2D eigenvalue weighted by Crippen LogP contribution is -2.47. The highest BCUT2D eigenvalue weighted by Gasteiger charge is 2.18. The van der Waals surface area contributed by atoms with Crippen LogP contribution < -0.4 is 10.7 Å². The Balaban J connectivity index is 1.37. The van der Waals surface area contributed by atoms with E-state index in [9.17, 15) is 4.79 Å². The second-order valence-corrected chi connectivity index (χ2v) is 6.01. The first-order valence-electron chi connectivity index (χ1n) is 8.28. The number of para-hydroxylation sites is 1. The zero-order chi connectivity index (χ0) is 16.4. The summed E-state index contributed by atoms with van der Waals surface area (Å²) in [5, 5.41) is 0. The first kappa shape index (κ1) is 15.0. The van der Waals surface area contributed by atoms with Gasteiger partial charge in [0.2, 0.25) is 0 Å². The van der Waals surface area contributed by atoms with Crippen LogP contribution in [0, 0.1) is 0 Å². The third-order valence-electron chi connectivity index (χ3n) is 4.56. The molecule has 4 rings (SSSR count). The molecule has 0 atom stereocenters. The van der Waals surface area contributed by atoms with Crippen molar-refractivity contribution in [1.29, 1.82) is 0 Å². The lowest BCUT2D eigenvalue weighted by atomic mass is 10.2. The van der Waals surface area contributed by atoms with E-state index in [2.05, 4.69) is 39.0 Å². The molecule has 1 saturated heterocycles. The molecule has 6 heteroatoms. The third-order valence-corrected chi connectivity index (χ3v) is 4.56. The average Bonchev–Trinajstić information content (AvgIpc) is 2.96.